The van der Waals surface area contributed by atoms with Crippen LogP contribution in [0.3, 0.4) is 0 Å². The van der Waals surface area contributed by atoms with Crippen LogP contribution in [-0.2, 0) is 4.79 Å². The van der Waals surface area contributed by atoms with Crippen molar-refractivity contribution in [1.82, 2.24) is 5.32 Å². The first-order valence-corrected chi connectivity index (χ1v) is 6.40. The van der Waals surface area contributed by atoms with E-state index >= 15 is 0 Å². The Hall–Kier alpha value is -0.970. The number of rotatable bonds is 3. The first-order valence-electron chi connectivity index (χ1n) is 5.64. The van der Waals surface area contributed by atoms with Gasteiger partial charge < -0.3 is 15.8 Å². The Bertz CT molecular complexity index is 477. The van der Waals surface area contributed by atoms with E-state index in [1.807, 2.05) is 6.07 Å². The third-order valence-corrected chi connectivity index (χ3v) is 3.48. The van der Waals surface area contributed by atoms with Crippen LogP contribution >= 0.6 is 23.2 Å². The van der Waals surface area contributed by atoms with Crippen molar-refractivity contribution in [3.05, 3.63) is 27.7 Å². The molecule has 1 aliphatic rings. The minimum absolute atomic E-state index is 0.0995. The molecule has 0 saturated heterocycles. The van der Waals surface area contributed by atoms with E-state index in [9.17, 15) is 4.79 Å². The van der Waals surface area contributed by atoms with Crippen molar-refractivity contribution >= 4 is 29.1 Å². The monoisotopic (exact) mass is 288 g/mol. The normalized spacial score (nSPS) is 19.0. The second-order valence-electron chi connectivity index (χ2n) is 4.39. The van der Waals surface area contributed by atoms with Crippen LogP contribution in [0.1, 0.15) is 24.9 Å². The summed E-state index contributed by atoms with van der Waals surface area (Å²) < 4.78 is 5.47. The van der Waals surface area contributed by atoms with Crippen molar-refractivity contribution in [3.8, 4) is 5.75 Å². The smallest absolute Gasteiger partial charge is 0.222 e. The van der Waals surface area contributed by atoms with Crippen LogP contribution in [0.2, 0.25) is 10.0 Å². The van der Waals surface area contributed by atoms with Gasteiger partial charge in [0.2, 0.25) is 5.91 Å². The summed E-state index contributed by atoms with van der Waals surface area (Å²) >= 11 is 11.9. The lowest BCUT2D eigenvalue weighted by atomic mass is 10.1. The zero-order valence-electron chi connectivity index (χ0n) is 9.87. The van der Waals surface area contributed by atoms with Gasteiger partial charge in [-0.1, -0.05) is 29.3 Å². The highest BCUT2D eigenvalue weighted by atomic mass is 35.5. The van der Waals surface area contributed by atoms with Crippen molar-refractivity contribution in [2.45, 2.75) is 25.4 Å². The summed E-state index contributed by atoms with van der Waals surface area (Å²) in [5.41, 5.74) is 6.43. The topological polar surface area (TPSA) is 64.4 Å². The SMILES string of the molecule is CC(N)CC(=O)NC1COc2c1ccc(Cl)c2Cl. The molecule has 2 atom stereocenters. The van der Waals surface area contributed by atoms with E-state index in [4.69, 9.17) is 33.7 Å². The average Bonchev–Trinajstić information content (AvgIpc) is 2.66. The molecule has 1 aromatic rings. The molecule has 0 aromatic heterocycles. The molecule has 0 saturated carbocycles. The Labute approximate surface area is 115 Å². The van der Waals surface area contributed by atoms with Crippen LogP contribution in [0.15, 0.2) is 12.1 Å². The van der Waals surface area contributed by atoms with Gasteiger partial charge in [-0.3, -0.25) is 4.79 Å². The number of carbonyl (C=O) groups is 1. The van der Waals surface area contributed by atoms with E-state index in [0.717, 1.165) is 5.56 Å². The first kappa shape index (κ1) is 13.5. The van der Waals surface area contributed by atoms with Crippen LogP contribution in [0.25, 0.3) is 0 Å². The van der Waals surface area contributed by atoms with Gasteiger partial charge in [-0.15, -0.1) is 0 Å². The van der Waals surface area contributed by atoms with Crippen LogP contribution in [0.4, 0.5) is 0 Å². The number of amides is 1. The van der Waals surface area contributed by atoms with Crippen LogP contribution in [0, 0.1) is 0 Å². The highest BCUT2D eigenvalue weighted by Gasteiger charge is 2.28. The van der Waals surface area contributed by atoms with E-state index in [-0.39, 0.29) is 24.4 Å². The van der Waals surface area contributed by atoms with Gasteiger partial charge in [-0.2, -0.15) is 0 Å². The molecular formula is C12H14Cl2N2O2. The fourth-order valence-electron chi connectivity index (χ4n) is 1.89. The van der Waals surface area contributed by atoms with E-state index in [0.29, 0.717) is 22.4 Å². The number of benzene rings is 1. The molecule has 0 aliphatic carbocycles. The summed E-state index contributed by atoms with van der Waals surface area (Å²) in [6.07, 6.45) is 0.285. The number of halogens is 2. The van der Waals surface area contributed by atoms with Gasteiger partial charge in [0.25, 0.3) is 0 Å². The molecule has 0 radical (unpaired) electrons. The lowest BCUT2D eigenvalue weighted by Gasteiger charge is -2.13. The number of fused-ring (bicyclic) bond motifs is 1. The standard InChI is InChI=1S/C12H14Cl2N2O2/c1-6(15)4-10(17)16-9-5-18-12-7(9)2-3-8(13)11(12)14/h2-3,6,9H,4-5,15H2,1H3,(H,16,17). The van der Waals surface area contributed by atoms with Crippen LogP contribution < -0.4 is 15.8 Å². The second-order valence-corrected chi connectivity index (χ2v) is 5.18. The molecule has 18 heavy (non-hydrogen) atoms. The van der Waals surface area contributed by atoms with Gasteiger partial charge in [-0.25, -0.2) is 0 Å². The van der Waals surface area contributed by atoms with Gasteiger partial charge in [0.1, 0.15) is 17.4 Å². The number of nitrogens with one attached hydrogen (secondary N) is 1. The van der Waals surface area contributed by atoms with E-state index in [1.165, 1.54) is 0 Å². The fraction of sp³-hybridized carbons (Fsp3) is 0.417. The van der Waals surface area contributed by atoms with Gasteiger partial charge in [0.15, 0.2) is 0 Å². The van der Waals surface area contributed by atoms with Crippen molar-refractivity contribution in [1.29, 1.82) is 0 Å². The third-order valence-electron chi connectivity index (χ3n) is 2.69. The Kier molecular flexibility index (Phi) is 4.00. The molecule has 2 rings (SSSR count). The van der Waals surface area contributed by atoms with E-state index in [1.54, 1.807) is 13.0 Å². The van der Waals surface area contributed by atoms with Crippen molar-refractivity contribution in [2.24, 2.45) is 5.73 Å². The predicted octanol–water partition coefficient (Wildman–Crippen LogP) is 2.28. The summed E-state index contributed by atoms with van der Waals surface area (Å²) in [6, 6.07) is 3.15. The summed E-state index contributed by atoms with van der Waals surface area (Å²) in [5.74, 6) is 0.452. The molecule has 2 unspecified atom stereocenters. The summed E-state index contributed by atoms with van der Waals surface area (Å²) in [6.45, 7) is 2.15. The average molecular weight is 289 g/mol. The van der Waals surface area contributed by atoms with E-state index < -0.39 is 0 Å². The Morgan fingerprint density at radius 3 is 3.00 bits per heavy atom. The van der Waals surface area contributed by atoms with Crippen molar-refractivity contribution in [2.75, 3.05) is 6.61 Å². The fourth-order valence-corrected chi connectivity index (χ4v) is 2.27. The minimum atomic E-state index is -0.194. The molecule has 4 nitrogen and oxygen atoms in total. The predicted molar refractivity (Wildman–Crippen MR) is 71.1 cm³/mol. The zero-order chi connectivity index (χ0) is 13.3. The molecule has 3 N–H and O–H groups in total. The first-order chi connectivity index (χ1) is 8.49. The maximum Gasteiger partial charge on any atom is 0.222 e. The Morgan fingerprint density at radius 1 is 1.61 bits per heavy atom. The molecule has 0 bridgehead atoms. The highest BCUT2D eigenvalue weighted by molar-refractivity contribution is 6.43. The van der Waals surface area contributed by atoms with Crippen molar-refractivity contribution in [3.63, 3.8) is 0 Å². The Morgan fingerprint density at radius 2 is 2.33 bits per heavy atom. The van der Waals surface area contributed by atoms with Crippen molar-refractivity contribution < 1.29 is 9.53 Å². The lowest BCUT2D eigenvalue weighted by Crippen LogP contribution is -2.33. The molecule has 1 heterocycles. The molecule has 1 aliphatic heterocycles. The highest BCUT2D eigenvalue weighted by Crippen LogP contribution is 2.42. The number of ether oxygens (including phenoxy) is 1. The van der Waals surface area contributed by atoms with Crippen LogP contribution in [0.5, 0.6) is 5.75 Å². The summed E-state index contributed by atoms with van der Waals surface area (Å²) in [5, 5.41) is 3.70. The molecular weight excluding hydrogens is 275 g/mol. The largest absolute Gasteiger partial charge is 0.489 e. The molecule has 1 aromatic carbocycles. The number of carbonyl (C=O) groups excluding carboxylic acids is 1. The Balaban J connectivity index is 2.13. The summed E-state index contributed by atoms with van der Waals surface area (Å²) in [4.78, 5) is 11.7. The minimum Gasteiger partial charge on any atom is -0.489 e. The van der Waals surface area contributed by atoms with Gasteiger partial charge >= 0.3 is 0 Å². The lowest BCUT2D eigenvalue weighted by molar-refractivity contribution is -0.122. The zero-order valence-corrected chi connectivity index (χ0v) is 11.4. The summed E-state index contributed by atoms with van der Waals surface area (Å²) in [7, 11) is 0. The van der Waals surface area contributed by atoms with Gasteiger partial charge in [-0.05, 0) is 13.0 Å². The molecule has 0 spiro atoms. The maximum atomic E-state index is 11.7. The van der Waals surface area contributed by atoms with Crippen LogP contribution in [-0.4, -0.2) is 18.6 Å². The second kappa shape index (κ2) is 5.34. The number of nitrogens with two attached hydrogens (primary N) is 1. The molecule has 98 valence electrons. The molecule has 1 amide bonds. The number of hydrogen-bond acceptors (Lipinski definition) is 3. The van der Waals surface area contributed by atoms with Gasteiger partial charge in [0.05, 0.1) is 11.1 Å². The molecule has 6 heteroatoms. The van der Waals surface area contributed by atoms with Gasteiger partial charge in [0, 0.05) is 18.0 Å². The maximum absolute atomic E-state index is 11.7. The number of hydrogen-bond donors (Lipinski definition) is 2. The van der Waals surface area contributed by atoms with E-state index in [2.05, 4.69) is 5.32 Å². The quantitative estimate of drug-likeness (QED) is 0.897. The third kappa shape index (κ3) is 2.71. The molecule has 0 fully saturated rings.